The minimum absolute atomic E-state index is 0.0706. The van der Waals surface area contributed by atoms with Crippen molar-refractivity contribution in [3.05, 3.63) is 35.4 Å². The summed E-state index contributed by atoms with van der Waals surface area (Å²) >= 11 is 0. The summed E-state index contributed by atoms with van der Waals surface area (Å²) in [6.45, 7) is 2.06. The van der Waals surface area contributed by atoms with Crippen LogP contribution in [0.25, 0.3) is 0 Å². The molecule has 22 heavy (non-hydrogen) atoms. The molecule has 1 aliphatic carbocycles. The maximum atomic E-state index is 11.9. The molecule has 1 fully saturated rings. The molecule has 4 heteroatoms. The molecule has 4 nitrogen and oxygen atoms in total. The number of amides is 2. The fourth-order valence-electron chi connectivity index (χ4n) is 2.93. The Morgan fingerprint density at radius 1 is 1.05 bits per heavy atom. The highest BCUT2D eigenvalue weighted by atomic mass is 16.2. The zero-order valence-corrected chi connectivity index (χ0v) is 13.4. The number of nitrogens with one attached hydrogen (secondary N) is 2. The average Bonchev–Trinajstić information content (AvgIpc) is 2.76. The summed E-state index contributed by atoms with van der Waals surface area (Å²) in [6, 6.07) is 8.09. The Kier molecular flexibility index (Phi) is 6.44. The zero-order valence-electron chi connectivity index (χ0n) is 13.4. The molecule has 0 saturated heterocycles. The highest BCUT2D eigenvalue weighted by Gasteiger charge is 2.15. The van der Waals surface area contributed by atoms with Gasteiger partial charge in [0.1, 0.15) is 0 Å². The second-order valence-corrected chi connectivity index (χ2v) is 6.14. The highest BCUT2D eigenvalue weighted by Crippen LogP contribution is 2.16. The average molecular weight is 302 g/mol. The van der Waals surface area contributed by atoms with Gasteiger partial charge in [-0.25, -0.2) is 0 Å². The number of carbonyl (C=O) groups excluding carboxylic acids is 2. The van der Waals surface area contributed by atoms with Crippen molar-refractivity contribution >= 4 is 11.8 Å². The van der Waals surface area contributed by atoms with Crippen molar-refractivity contribution in [2.45, 2.75) is 57.9 Å². The van der Waals surface area contributed by atoms with Crippen molar-refractivity contribution in [2.24, 2.45) is 0 Å². The first kappa shape index (κ1) is 16.5. The first-order chi connectivity index (χ1) is 10.6. The van der Waals surface area contributed by atoms with Gasteiger partial charge in [0.25, 0.3) is 0 Å². The summed E-state index contributed by atoms with van der Waals surface area (Å²) in [5.74, 6) is -0.185. The van der Waals surface area contributed by atoms with E-state index in [9.17, 15) is 9.59 Å². The monoisotopic (exact) mass is 302 g/mol. The highest BCUT2D eigenvalue weighted by molar-refractivity contribution is 5.85. The van der Waals surface area contributed by atoms with Crippen LogP contribution in [0, 0.1) is 6.92 Å². The lowest BCUT2D eigenvalue weighted by atomic mass is 10.1. The Balaban J connectivity index is 1.71. The number of benzene rings is 1. The summed E-state index contributed by atoms with van der Waals surface area (Å²) in [7, 11) is 0. The van der Waals surface area contributed by atoms with Crippen LogP contribution in [0.1, 0.15) is 49.7 Å². The molecule has 1 saturated carbocycles. The molecule has 0 aliphatic heterocycles. The van der Waals surface area contributed by atoms with Crippen LogP contribution in [-0.4, -0.2) is 24.4 Å². The molecule has 0 atom stereocenters. The van der Waals surface area contributed by atoms with Gasteiger partial charge in [0.05, 0.1) is 13.0 Å². The Morgan fingerprint density at radius 2 is 1.73 bits per heavy atom. The molecule has 1 aliphatic rings. The van der Waals surface area contributed by atoms with Crippen molar-refractivity contribution < 1.29 is 9.59 Å². The lowest BCUT2D eigenvalue weighted by Gasteiger charge is -2.16. The second kappa shape index (κ2) is 8.57. The maximum Gasteiger partial charge on any atom is 0.239 e. The van der Waals surface area contributed by atoms with E-state index in [4.69, 9.17) is 0 Å². The van der Waals surface area contributed by atoms with E-state index in [2.05, 4.69) is 10.6 Å². The number of hydrogen-bond acceptors (Lipinski definition) is 2. The number of rotatable bonds is 5. The third-order valence-corrected chi connectivity index (χ3v) is 4.28. The van der Waals surface area contributed by atoms with E-state index in [0.717, 1.165) is 24.0 Å². The lowest BCUT2D eigenvalue weighted by molar-refractivity contribution is -0.126. The van der Waals surface area contributed by atoms with Gasteiger partial charge in [0.2, 0.25) is 11.8 Å². The van der Waals surface area contributed by atoms with Crippen molar-refractivity contribution in [3.8, 4) is 0 Å². The van der Waals surface area contributed by atoms with Crippen LogP contribution in [0.4, 0.5) is 0 Å². The minimum atomic E-state index is -0.106. The quantitative estimate of drug-likeness (QED) is 0.821. The fraction of sp³-hybridized carbons (Fsp3) is 0.556. The summed E-state index contributed by atoms with van der Waals surface area (Å²) in [5.41, 5.74) is 2.10. The molecule has 1 aromatic carbocycles. The second-order valence-electron chi connectivity index (χ2n) is 6.14. The van der Waals surface area contributed by atoms with Crippen LogP contribution in [0.3, 0.4) is 0 Å². The predicted octanol–water partition coefficient (Wildman–Crippen LogP) is 2.49. The van der Waals surface area contributed by atoms with Crippen molar-refractivity contribution in [2.75, 3.05) is 6.54 Å². The van der Waals surface area contributed by atoms with E-state index in [-0.39, 0.29) is 24.4 Å². The van der Waals surface area contributed by atoms with Gasteiger partial charge < -0.3 is 10.6 Å². The van der Waals surface area contributed by atoms with Gasteiger partial charge in [-0.2, -0.15) is 0 Å². The van der Waals surface area contributed by atoms with Crippen molar-refractivity contribution in [1.82, 2.24) is 10.6 Å². The normalized spacial score (nSPS) is 15.9. The van der Waals surface area contributed by atoms with E-state index >= 15 is 0 Å². The molecular weight excluding hydrogens is 276 g/mol. The largest absolute Gasteiger partial charge is 0.352 e. The predicted molar refractivity (Wildman–Crippen MR) is 87.5 cm³/mol. The van der Waals surface area contributed by atoms with Gasteiger partial charge in [0, 0.05) is 6.04 Å². The summed E-state index contributed by atoms with van der Waals surface area (Å²) < 4.78 is 0. The van der Waals surface area contributed by atoms with Crippen LogP contribution in [0.15, 0.2) is 24.3 Å². The molecule has 1 aromatic rings. The van der Waals surface area contributed by atoms with Crippen LogP contribution in [0.5, 0.6) is 0 Å². The molecule has 0 spiro atoms. The fourth-order valence-corrected chi connectivity index (χ4v) is 2.93. The SMILES string of the molecule is Cc1ccccc1CC(=O)NCC(=O)NC1CCCCCC1. The number of carbonyl (C=O) groups is 2. The first-order valence-electron chi connectivity index (χ1n) is 8.25. The van der Waals surface area contributed by atoms with Gasteiger partial charge in [-0.05, 0) is 30.9 Å². The Hall–Kier alpha value is -1.84. The minimum Gasteiger partial charge on any atom is -0.352 e. The molecule has 2 rings (SSSR count). The van der Waals surface area contributed by atoms with Crippen LogP contribution in [0.2, 0.25) is 0 Å². The van der Waals surface area contributed by atoms with Crippen LogP contribution < -0.4 is 10.6 Å². The van der Waals surface area contributed by atoms with Gasteiger partial charge in [-0.3, -0.25) is 9.59 Å². The zero-order chi connectivity index (χ0) is 15.8. The van der Waals surface area contributed by atoms with E-state index in [1.165, 1.54) is 25.7 Å². The molecule has 0 aromatic heterocycles. The molecule has 0 heterocycles. The topological polar surface area (TPSA) is 58.2 Å². The van der Waals surface area contributed by atoms with Crippen LogP contribution in [-0.2, 0) is 16.0 Å². The Morgan fingerprint density at radius 3 is 2.41 bits per heavy atom. The van der Waals surface area contributed by atoms with E-state index in [0.29, 0.717) is 6.42 Å². The van der Waals surface area contributed by atoms with Gasteiger partial charge >= 0.3 is 0 Å². The Bertz CT molecular complexity index is 506. The number of hydrogen-bond donors (Lipinski definition) is 2. The van der Waals surface area contributed by atoms with Crippen molar-refractivity contribution in [3.63, 3.8) is 0 Å². The Labute approximate surface area is 132 Å². The number of aryl methyl sites for hydroxylation is 1. The molecule has 0 bridgehead atoms. The van der Waals surface area contributed by atoms with E-state index < -0.39 is 0 Å². The van der Waals surface area contributed by atoms with Gasteiger partial charge in [0.15, 0.2) is 0 Å². The van der Waals surface area contributed by atoms with E-state index in [1.807, 2.05) is 31.2 Å². The first-order valence-corrected chi connectivity index (χ1v) is 8.25. The molecule has 120 valence electrons. The summed E-state index contributed by atoms with van der Waals surface area (Å²) in [5, 5.41) is 5.75. The lowest BCUT2D eigenvalue weighted by Crippen LogP contribution is -2.42. The van der Waals surface area contributed by atoms with Gasteiger partial charge in [-0.1, -0.05) is 49.9 Å². The summed E-state index contributed by atoms with van der Waals surface area (Å²) in [6.07, 6.45) is 7.34. The third kappa shape index (κ3) is 5.51. The summed E-state index contributed by atoms with van der Waals surface area (Å²) in [4.78, 5) is 23.8. The molecule has 0 radical (unpaired) electrons. The molecular formula is C18H26N2O2. The van der Waals surface area contributed by atoms with E-state index in [1.54, 1.807) is 0 Å². The maximum absolute atomic E-state index is 11.9. The third-order valence-electron chi connectivity index (χ3n) is 4.28. The van der Waals surface area contributed by atoms with Crippen molar-refractivity contribution in [1.29, 1.82) is 0 Å². The standard InChI is InChI=1S/C18H26N2O2/c1-14-8-6-7-9-15(14)12-17(21)19-13-18(22)20-16-10-4-2-3-5-11-16/h6-9,16H,2-5,10-13H2,1H3,(H,19,21)(H,20,22). The molecule has 0 unspecified atom stereocenters. The smallest absolute Gasteiger partial charge is 0.239 e. The molecule has 2 amide bonds. The van der Waals surface area contributed by atoms with Gasteiger partial charge in [-0.15, -0.1) is 0 Å². The molecule has 2 N–H and O–H groups in total. The van der Waals surface area contributed by atoms with Crippen LogP contribution >= 0.6 is 0 Å².